The Labute approximate surface area is 142 Å². The highest BCUT2D eigenvalue weighted by Gasteiger charge is 2.20. The van der Waals surface area contributed by atoms with Crippen molar-refractivity contribution < 1.29 is 14.3 Å². The lowest BCUT2D eigenvalue weighted by atomic mass is 10.1. The summed E-state index contributed by atoms with van der Waals surface area (Å²) in [6.07, 6.45) is 2.12. The average Bonchev–Trinajstić information content (AvgIpc) is 2.65. The van der Waals surface area contributed by atoms with Crippen LogP contribution in [0.2, 0.25) is 0 Å². The van der Waals surface area contributed by atoms with E-state index in [1.165, 1.54) is 11.1 Å². The van der Waals surface area contributed by atoms with E-state index in [0.717, 1.165) is 24.3 Å². The molecule has 1 N–H and O–H groups in total. The maximum atomic E-state index is 12.0. The molecule has 4 heteroatoms. The van der Waals surface area contributed by atoms with E-state index in [2.05, 4.69) is 36.5 Å². The predicted molar refractivity (Wildman–Crippen MR) is 93.5 cm³/mol. The zero-order valence-corrected chi connectivity index (χ0v) is 14.0. The largest absolute Gasteiger partial charge is 0.486 e. The summed E-state index contributed by atoms with van der Waals surface area (Å²) in [5, 5.41) is 2.93. The lowest BCUT2D eigenvalue weighted by molar-refractivity contribution is -0.121. The van der Waals surface area contributed by atoms with Crippen molar-refractivity contribution in [1.29, 1.82) is 0 Å². The van der Waals surface area contributed by atoms with Crippen LogP contribution < -0.4 is 14.8 Å². The molecular weight excluding hydrogens is 302 g/mol. The number of carbonyl (C=O) groups is 1. The van der Waals surface area contributed by atoms with Gasteiger partial charge in [-0.2, -0.15) is 0 Å². The minimum absolute atomic E-state index is 0.0389. The van der Waals surface area contributed by atoms with Crippen molar-refractivity contribution in [3.05, 3.63) is 59.7 Å². The van der Waals surface area contributed by atoms with Crippen LogP contribution in [0.4, 0.5) is 0 Å². The molecule has 0 saturated heterocycles. The summed E-state index contributed by atoms with van der Waals surface area (Å²) in [4.78, 5) is 12.0. The van der Waals surface area contributed by atoms with Crippen LogP contribution in [0.25, 0.3) is 0 Å². The second-order valence-corrected chi connectivity index (χ2v) is 5.97. The molecule has 1 amide bonds. The highest BCUT2D eigenvalue weighted by atomic mass is 16.6. The summed E-state index contributed by atoms with van der Waals surface area (Å²) in [7, 11) is 0. The Morgan fingerprint density at radius 1 is 1.08 bits per heavy atom. The number of rotatable bonds is 6. The molecule has 0 saturated carbocycles. The van der Waals surface area contributed by atoms with E-state index in [4.69, 9.17) is 9.47 Å². The molecule has 0 radical (unpaired) electrons. The van der Waals surface area contributed by atoms with Gasteiger partial charge in [-0.05, 0) is 36.1 Å². The minimum atomic E-state index is -0.146. The Balaban J connectivity index is 1.41. The smallest absolute Gasteiger partial charge is 0.220 e. The molecule has 126 valence electrons. The van der Waals surface area contributed by atoms with Crippen molar-refractivity contribution in [1.82, 2.24) is 5.32 Å². The first-order chi connectivity index (χ1) is 11.7. The van der Waals surface area contributed by atoms with Gasteiger partial charge < -0.3 is 14.8 Å². The molecule has 4 nitrogen and oxygen atoms in total. The number of amides is 1. The fraction of sp³-hybridized carbons (Fsp3) is 0.350. The van der Waals surface area contributed by atoms with E-state index in [-0.39, 0.29) is 12.0 Å². The van der Waals surface area contributed by atoms with Crippen LogP contribution in [0, 0.1) is 0 Å². The molecule has 2 aromatic carbocycles. The molecule has 3 rings (SSSR count). The normalized spacial score (nSPS) is 15.8. The number of aryl methyl sites for hydroxylation is 2. The second-order valence-electron chi connectivity index (χ2n) is 5.97. The highest BCUT2D eigenvalue weighted by molar-refractivity contribution is 5.76. The predicted octanol–water partition coefficient (Wildman–Crippen LogP) is 3.14. The molecule has 1 aliphatic rings. The lowest BCUT2D eigenvalue weighted by Gasteiger charge is -2.26. The summed E-state index contributed by atoms with van der Waals surface area (Å²) in [6, 6.07) is 16.0. The third-order valence-corrected chi connectivity index (χ3v) is 4.17. The van der Waals surface area contributed by atoms with Gasteiger partial charge in [0, 0.05) is 6.42 Å². The van der Waals surface area contributed by atoms with E-state index in [0.29, 0.717) is 19.6 Å². The lowest BCUT2D eigenvalue weighted by Crippen LogP contribution is -2.40. The Kier molecular flexibility index (Phi) is 5.36. The van der Waals surface area contributed by atoms with Crippen LogP contribution in [0.1, 0.15) is 24.5 Å². The van der Waals surface area contributed by atoms with Gasteiger partial charge >= 0.3 is 0 Å². The van der Waals surface area contributed by atoms with Crippen molar-refractivity contribution in [2.45, 2.75) is 32.3 Å². The third-order valence-electron chi connectivity index (χ3n) is 4.17. The summed E-state index contributed by atoms with van der Waals surface area (Å²) in [6.45, 7) is 3.05. The summed E-state index contributed by atoms with van der Waals surface area (Å²) in [5.41, 5.74) is 2.51. The van der Waals surface area contributed by atoms with Gasteiger partial charge in [-0.1, -0.05) is 43.3 Å². The number of nitrogens with one attached hydrogen (secondary N) is 1. The third kappa shape index (κ3) is 4.28. The summed E-state index contributed by atoms with van der Waals surface area (Å²) in [5.74, 6) is 1.53. The van der Waals surface area contributed by atoms with Crippen LogP contribution in [0.3, 0.4) is 0 Å². The van der Waals surface area contributed by atoms with Crippen molar-refractivity contribution >= 4 is 5.91 Å². The number of fused-ring (bicyclic) bond motifs is 1. The van der Waals surface area contributed by atoms with Crippen LogP contribution in [-0.4, -0.2) is 25.2 Å². The van der Waals surface area contributed by atoms with Gasteiger partial charge in [-0.15, -0.1) is 0 Å². The van der Waals surface area contributed by atoms with Crippen molar-refractivity contribution in [3.63, 3.8) is 0 Å². The quantitative estimate of drug-likeness (QED) is 0.887. The molecular formula is C20H23NO3. The first-order valence-corrected chi connectivity index (χ1v) is 8.47. The molecule has 0 bridgehead atoms. The Hall–Kier alpha value is -2.49. The molecule has 0 unspecified atom stereocenters. The van der Waals surface area contributed by atoms with Gasteiger partial charge in [0.25, 0.3) is 0 Å². The van der Waals surface area contributed by atoms with Gasteiger partial charge in [0.05, 0.1) is 6.54 Å². The fourth-order valence-electron chi connectivity index (χ4n) is 2.68. The Bertz CT molecular complexity index is 682. The first-order valence-electron chi connectivity index (χ1n) is 8.47. The molecule has 1 atom stereocenters. The monoisotopic (exact) mass is 325 g/mol. The van der Waals surface area contributed by atoms with E-state index < -0.39 is 0 Å². The molecule has 0 aromatic heterocycles. The Morgan fingerprint density at radius 3 is 2.54 bits per heavy atom. The van der Waals surface area contributed by atoms with E-state index >= 15 is 0 Å². The van der Waals surface area contributed by atoms with E-state index in [1.54, 1.807) is 0 Å². The molecule has 2 aromatic rings. The highest BCUT2D eigenvalue weighted by Crippen LogP contribution is 2.30. The van der Waals surface area contributed by atoms with Crippen LogP contribution in [0.5, 0.6) is 11.5 Å². The minimum Gasteiger partial charge on any atom is -0.486 e. The number of benzene rings is 2. The fourth-order valence-corrected chi connectivity index (χ4v) is 2.68. The zero-order chi connectivity index (χ0) is 16.8. The summed E-state index contributed by atoms with van der Waals surface area (Å²) < 4.78 is 11.5. The molecule has 24 heavy (non-hydrogen) atoms. The van der Waals surface area contributed by atoms with Gasteiger partial charge in [-0.3, -0.25) is 4.79 Å². The van der Waals surface area contributed by atoms with Crippen molar-refractivity contribution in [3.8, 4) is 11.5 Å². The van der Waals surface area contributed by atoms with Crippen molar-refractivity contribution in [2.75, 3.05) is 13.2 Å². The van der Waals surface area contributed by atoms with Gasteiger partial charge in [0.2, 0.25) is 5.91 Å². The summed E-state index contributed by atoms with van der Waals surface area (Å²) >= 11 is 0. The van der Waals surface area contributed by atoms with Crippen LogP contribution >= 0.6 is 0 Å². The number of hydrogen-bond donors (Lipinski definition) is 1. The average molecular weight is 325 g/mol. The number of para-hydroxylation sites is 2. The SMILES string of the molecule is CCc1ccc(CCC(=O)NC[C@H]2COc3ccccc3O2)cc1. The molecule has 0 fully saturated rings. The molecule has 1 aliphatic heterocycles. The first kappa shape index (κ1) is 16.4. The zero-order valence-electron chi connectivity index (χ0n) is 14.0. The van der Waals surface area contributed by atoms with Crippen LogP contribution in [-0.2, 0) is 17.6 Å². The van der Waals surface area contributed by atoms with Gasteiger partial charge in [-0.25, -0.2) is 0 Å². The van der Waals surface area contributed by atoms with E-state index in [1.807, 2.05) is 24.3 Å². The number of carbonyl (C=O) groups excluding carboxylic acids is 1. The molecule has 0 spiro atoms. The van der Waals surface area contributed by atoms with Crippen molar-refractivity contribution in [2.24, 2.45) is 0 Å². The van der Waals surface area contributed by atoms with E-state index in [9.17, 15) is 4.79 Å². The number of ether oxygens (including phenoxy) is 2. The van der Waals surface area contributed by atoms with Gasteiger partial charge in [0.15, 0.2) is 11.5 Å². The van der Waals surface area contributed by atoms with Crippen LogP contribution in [0.15, 0.2) is 48.5 Å². The molecule has 0 aliphatic carbocycles. The maximum Gasteiger partial charge on any atom is 0.220 e. The molecule has 1 heterocycles. The maximum absolute atomic E-state index is 12.0. The number of hydrogen-bond acceptors (Lipinski definition) is 3. The standard InChI is InChI=1S/C20H23NO3/c1-2-15-7-9-16(10-8-15)11-12-20(22)21-13-17-14-23-18-5-3-4-6-19(18)24-17/h3-10,17H,2,11-14H2,1H3,(H,21,22)/t17-/m0/s1. The topological polar surface area (TPSA) is 47.6 Å². The second kappa shape index (κ2) is 7.86. The Morgan fingerprint density at radius 2 is 1.79 bits per heavy atom. The van der Waals surface area contributed by atoms with Gasteiger partial charge in [0.1, 0.15) is 12.7 Å².